The fourth-order valence-corrected chi connectivity index (χ4v) is 4.10. The number of piperazine rings is 1. The molecule has 2 aliphatic heterocycles. The van der Waals surface area contributed by atoms with Crippen molar-refractivity contribution in [3.05, 3.63) is 28.6 Å². The fourth-order valence-electron chi connectivity index (χ4n) is 3.67. The summed E-state index contributed by atoms with van der Waals surface area (Å²) in [6.07, 6.45) is 1.24. The number of aromatic nitrogens is 2. The Kier molecular flexibility index (Phi) is 4.50. The van der Waals surface area contributed by atoms with E-state index < -0.39 is 6.10 Å². The highest BCUT2D eigenvalue weighted by molar-refractivity contribution is 6.34. The van der Waals surface area contributed by atoms with Crippen molar-refractivity contribution >= 4 is 39.8 Å². The molecule has 0 amide bonds. The van der Waals surface area contributed by atoms with Crippen LogP contribution >= 0.6 is 23.2 Å². The highest BCUT2D eigenvalue weighted by atomic mass is 35.5. The molecule has 2 aliphatic rings. The first-order valence-electron chi connectivity index (χ1n) is 8.35. The maximum atomic E-state index is 10.2. The van der Waals surface area contributed by atoms with Crippen LogP contribution in [0.2, 0.25) is 10.3 Å². The number of halogens is 2. The molecule has 4 rings (SSSR count). The predicted molar refractivity (Wildman–Crippen MR) is 98.6 cm³/mol. The fraction of sp³-hybridized carbons (Fsp3) is 0.529. The number of fused-ring (bicyclic) bond motifs is 1. The molecule has 1 aromatic carbocycles. The molecule has 2 fully saturated rings. The molecule has 3 heterocycles. The van der Waals surface area contributed by atoms with Gasteiger partial charge in [-0.1, -0.05) is 11.6 Å². The molecule has 0 spiro atoms. The summed E-state index contributed by atoms with van der Waals surface area (Å²) in [5.41, 5.74) is 1.44. The third kappa shape index (κ3) is 3.06. The third-order valence-corrected chi connectivity index (χ3v) is 5.83. The van der Waals surface area contributed by atoms with Gasteiger partial charge in [-0.05, 0) is 30.7 Å². The van der Waals surface area contributed by atoms with Crippen LogP contribution in [0.25, 0.3) is 10.9 Å². The number of aliphatic hydroxyl groups excluding tert-OH is 1. The Morgan fingerprint density at radius 2 is 2.00 bits per heavy atom. The van der Waals surface area contributed by atoms with Crippen LogP contribution in [0.15, 0.2) is 18.3 Å². The molecule has 2 aromatic rings. The quantitative estimate of drug-likeness (QED) is 0.803. The minimum Gasteiger partial charge on any atom is -0.389 e. The number of hydrogen-bond donors (Lipinski definition) is 1. The van der Waals surface area contributed by atoms with Crippen molar-refractivity contribution in [2.75, 3.05) is 44.3 Å². The van der Waals surface area contributed by atoms with Crippen LogP contribution in [0.3, 0.4) is 0 Å². The van der Waals surface area contributed by atoms with Crippen LogP contribution in [-0.2, 0) is 4.74 Å². The average Bonchev–Trinajstić information content (AvgIpc) is 2.95. The van der Waals surface area contributed by atoms with Gasteiger partial charge in [-0.3, -0.25) is 4.90 Å². The van der Waals surface area contributed by atoms with Crippen LogP contribution in [0.1, 0.15) is 6.92 Å². The maximum Gasteiger partial charge on any atom is 0.222 e. The van der Waals surface area contributed by atoms with E-state index in [0.717, 1.165) is 42.8 Å². The number of hydrogen-bond acceptors (Lipinski definition) is 6. The molecule has 0 bridgehead atoms. The van der Waals surface area contributed by atoms with Gasteiger partial charge in [0.05, 0.1) is 41.1 Å². The van der Waals surface area contributed by atoms with E-state index in [-0.39, 0.29) is 10.8 Å². The largest absolute Gasteiger partial charge is 0.389 e. The number of ether oxygens (including phenoxy) is 1. The molecule has 0 aliphatic carbocycles. The van der Waals surface area contributed by atoms with Crippen LogP contribution in [-0.4, -0.2) is 71.0 Å². The second kappa shape index (κ2) is 6.52. The number of nitrogens with zero attached hydrogens (tertiary/aromatic N) is 4. The number of aliphatic hydroxyl groups is 1. The number of rotatable bonds is 2. The van der Waals surface area contributed by atoms with E-state index >= 15 is 0 Å². The van der Waals surface area contributed by atoms with Gasteiger partial charge < -0.3 is 14.7 Å². The summed E-state index contributed by atoms with van der Waals surface area (Å²) >= 11 is 12.4. The van der Waals surface area contributed by atoms with E-state index in [1.165, 1.54) is 0 Å². The van der Waals surface area contributed by atoms with Crippen molar-refractivity contribution in [2.45, 2.75) is 18.6 Å². The van der Waals surface area contributed by atoms with Gasteiger partial charge >= 0.3 is 0 Å². The van der Waals surface area contributed by atoms with E-state index in [4.69, 9.17) is 27.9 Å². The zero-order chi connectivity index (χ0) is 17.6. The van der Waals surface area contributed by atoms with Gasteiger partial charge in [-0.15, -0.1) is 0 Å². The van der Waals surface area contributed by atoms with Crippen molar-refractivity contribution in [3.8, 4) is 0 Å². The Bertz CT molecular complexity index is 798. The zero-order valence-corrected chi connectivity index (χ0v) is 15.5. The SMILES string of the molecule is C[C@]1(N2CCN(c3cc4nc(Cl)ncc4cc3Cl)CC2)COC[C@H]1O. The van der Waals surface area contributed by atoms with E-state index in [1.54, 1.807) is 6.20 Å². The molecule has 0 saturated carbocycles. The molecule has 2 atom stereocenters. The maximum absolute atomic E-state index is 10.2. The Hall–Kier alpha value is -1.18. The number of anilines is 1. The summed E-state index contributed by atoms with van der Waals surface area (Å²) in [5.74, 6) is 0. The van der Waals surface area contributed by atoms with Gasteiger partial charge in [-0.25, -0.2) is 9.97 Å². The summed E-state index contributed by atoms with van der Waals surface area (Å²) in [6, 6.07) is 3.85. The Morgan fingerprint density at radius 3 is 2.68 bits per heavy atom. The van der Waals surface area contributed by atoms with Crippen LogP contribution in [0, 0.1) is 0 Å². The van der Waals surface area contributed by atoms with Gasteiger partial charge in [0.2, 0.25) is 5.28 Å². The third-order valence-electron chi connectivity index (χ3n) is 5.35. The molecule has 0 radical (unpaired) electrons. The second-order valence-electron chi connectivity index (χ2n) is 6.86. The van der Waals surface area contributed by atoms with Crippen LogP contribution in [0.5, 0.6) is 0 Å². The lowest BCUT2D eigenvalue weighted by atomic mass is 9.95. The molecule has 1 N–H and O–H groups in total. The second-order valence-corrected chi connectivity index (χ2v) is 7.61. The van der Waals surface area contributed by atoms with E-state index in [2.05, 4.69) is 26.7 Å². The van der Waals surface area contributed by atoms with Crippen molar-refractivity contribution in [1.82, 2.24) is 14.9 Å². The summed E-state index contributed by atoms with van der Waals surface area (Å²) < 4.78 is 5.46. The standard InChI is InChI=1S/C17H20Cl2N4O2/c1-17(10-25-9-15(17)24)23-4-2-22(3-5-23)14-7-13-11(6-12(14)18)8-20-16(19)21-13/h6-8,15,24H,2-5,9-10H2,1H3/t15-,17+/m1/s1. The van der Waals surface area contributed by atoms with E-state index in [9.17, 15) is 5.11 Å². The summed E-state index contributed by atoms with van der Waals surface area (Å²) in [7, 11) is 0. The monoisotopic (exact) mass is 382 g/mol. The summed E-state index contributed by atoms with van der Waals surface area (Å²) in [4.78, 5) is 12.8. The molecular weight excluding hydrogens is 363 g/mol. The zero-order valence-electron chi connectivity index (χ0n) is 14.0. The van der Waals surface area contributed by atoms with E-state index in [1.807, 2.05) is 12.1 Å². The lowest BCUT2D eigenvalue weighted by Crippen LogP contribution is -2.60. The van der Waals surface area contributed by atoms with Crippen molar-refractivity contribution in [1.29, 1.82) is 0 Å². The van der Waals surface area contributed by atoms with Crippen molar-refractivity contribution in [3.63, 3.8) is 0 Å². The summed E-state index contributed by atoms with van der Waals surface area (Å²) in [5, 5.41) is 12.0. The molecule has 8 heteroatoms. The first-order chi connectivity index (χ1) is 12.0. The molecule has 2 saturated heterocycles. The molecule has 134 valence electrons. The Labute approximate surface area is 156 Å². The van der Waals surface area contributed by atoms with Crippen LogP contribution in [0.4, 0.5) is 5.69 Å². The highest BCUT2D eigenvalue weighted by Crippen LogP contribution is 2.33. The predicted octanol–water partition coefficient (Wildman–Crippen LogP) is 2.21. The van der Waals surface area contributed by atoms with E-state index in [0.29, 0.717) is 18.2 Å². The van der Waals surface area contributed by atoms with Gasteiger partial charge in [0, 0.05) is 37.8 Å². The lowest BCUT2D eigenvalue weighted by Gasteiger charge is -2.45. The minimum atomic E-state index is -0.442. The smallest absolute Gasteiger partial charge is 0.222 e. The minimum absolute atomic E-state index is 0.230. The van der Waals surface area contributed by atoms with Crippen molar-refractivity contribution < 1.29 is 9.84 Å². The Morgan fingerprint density at radius 1 is 1.24 bits per heavy atom. The molecule has 6 nitrogen and oxygen atoms in total. The van der Waals surface area contributed by atoms with Gasteiger partial charge in [0.15, 0.2) is 0 Å². The van der Waals surface area contributed by atoms with Gasteiger partial charge in [0.25, 0.3) is 0 Å². The van der Waals surface area contributed by atoms with Crippen LogP contribution < -0.4 is 4.90 Å². The Balaban J connectivity index is 1.54. The highest BCUT2D eigenvalue weighted by Gasteiger charge is 2.44. The topological polar surface area (TPSA) is 61.7 Å². The summed E-state index contributed by atoms with van der Waals surface area (Å²) in [6.45, 7) is 6.39. The lowest BCUT2D eigenvalue weighted by molar-refractivity contribution is 0.00884. The average molecular weight is 383 g/mol. The van der Waals surface area contributed by atoms with Gasteiger partial charge in [0.1, 0.15) is 0 Å². The normalized spacial score (nSPS) is 28.0. The number of benzene rings is 1. The molecule has 1 aromatic heterocycles. The molecule has 25 heavy (non-hydrogen) atoms. The first kappa shape index (κ1) is 17.2. The molecule has 0 unspecified atom stereocenters. The van der Waals surface area contributed by atoms with Gasteiger partial charge in [-0.2, -0.15) is 0 Å². The van der Waals surface area contributed by atoms with Crippen molar-refractivity contribution in [2.24, 2.45) is 0 Å². The first-order valence-corrected chi connectivity index (χ1v) is 9.10. The molecular formula is C17H20Cl2N4O2.